The van der Waals surface area contributed by atoms with E-state index in [9.17, 15) is 5.11 Å². The van der Waals surface area contributed by atoms with Gasteiger partial charge >= 0.3 is 0 Å². The van der Waals surface area contributed by atoms with E-state index in [1.807, 2.05) is 23.9 Å². The molecule has 5 nitrogen and oxygen atoms in total. The normalized spacial score (nSPS) is 19.5. The van der Waals surface area contributed by atoms with Crippen LogP contribution in [0.5, 0.6) is 5.75 Å². The number of aromatic hydroxyl groups is 1. The van der Waals surface area contributed by atoms with Crippen molar-refractivity contribution in [1.29, 1.82) is 0 Å². The van der Waals surface area contributed by atoms with E-state index in [2.05, 4.69) is 10.1 Å². The van der Waals surface area contributed by atoms with Crippen LogP contribution >= 0.6 is 11.8 Å². The van der Waals surface area contributed by atoms with Crippen LogP contribution in [0.1, 0.15) is 23.4 Å². The van der Waals surface area contributed by atoms with Crippen molar-refractivity contribution in [2.75, 3.05) is 18.1 Å². The number of phenols is 1. The van der Waals surface area contributed by atoms with Crippen molar-refractivity contribution in [2.24, 2.45) is 0 Å². The molecule has 0 aliphatic carbocycles. The molecular weight excluding hydrogens is 264 g/mol. The number of ether oxygens (including phenoxy) is 1. The topological polar surface area (TPSA) is 68.4 Å². The highest BCUT2D eigenvalue weighted by Gasteiger charge is 2.22. The molecular formula is C13H14N2O3S. The van der Waals surface area contributed by atoms with Gasteiger partial charge in [0.15, 0.2) is 0 Å². The standard InChI is InChI=1S/C13H14N2O3S/c16-10-4-2-1-3-9(10)7-12-14-13(15-18-12)11-8-19-6-5-17-11/h1-4,11,16H,5-8H2. The molecule has 100 valence electrons. The Balaban J connectivity index is 1.73. The average Bonchev–Trinajstić information content (AvgIpc) is 2.91. The van der Waals surface area contributed by atoms with Gasteiger partial charge in [0, 0.05) is 17.1 Å². The fraction of sp³-hybridized carbons (Fsp3) is 0.385. The number of aromatic nitrogens is 2. The van der Waals surface area contributed by atoms with Crippen LogP contribution in [0.15, 0.2) is 28.8 Å². The highest BCUT2D eigenvalue weighted by atomic mass is 32.2. The van der Waals surface area contributed by atoms with E-state index in [-0.39, 0.29) is 11.9 Å². The zero-order chi connectivity index (χ0) is 13.1. The molecule has 1 atom stereocenters. The van der Waals surface area contributed by atoms with Gasteiger partial charge in [-0.15, -0.1) is 0 Å². The second-order valence-corrected chi connectivity index (χ2v) is 5.44. The zero-order valence-electron chi connectivity index (χ0n) is 10.3. The summed E-state index contributed by atoms with van der Waals surface area (Å²) in [5, 5.41) is 13.7. The van der Waals surface area contributed by atoms with Gasteiger partial charge in [0.1, 0.15) is 11.9 Å². The minimum atomic E-state index is -0.0828. The van der Waals surface area contributed by atoms with Crippen LogP contribution in [0.2, 0.25) is 0 Å². The number of thioether (sulfide) groups is 1. The molecule has 0 bridgehead atoms. The quantitative estimate of drug-likeness (QED) is 0.928. The van der Waals surface area contributed by atoms with Gasteiger partial charge in [-0.3, -0.25) is 0 Å². The van der Waals surface area contributed by atoms with Crippen LogP contribution in [-0.2, 0) is 11.2 Å². The lowest BCUT2D eigenvalue weighted by Gasteiger charge is -2.18. The number of phenolic OH excluding ortho intramolecular Hbond substituents is 1. The monoisotopic (exact) mass is 278 g/mol. The van der Waals surface area contributed by atoms with Crippen LogP contribution in [0.25, 0.3) is 0 Å². The van der Waals surface area contributed by atoms with Crippen molar-refractivity contribution < 1.29 is 14.4 Å². The van der Waals surface area contributed by atoms with Gasteiger partial charge in [0.2, 0.25) is 11.7 Å². The molecule has 19 heavy (non-hydrogen) atoms. The van der Waals surface area contributed by atoms with Crippen LogP contribution in [0.4, 0.5) is 0 Å². The van der Waals surface area contributed by atoms with Crippen molar-refractivity contribution in [1.82, 2.24) is 10.1 Å². The number of para-hydroxylation sites is 1. The number of rotatable bonds is 3. The summed E-state index contributed by atoms with van der Waals surface area (Å²) in [6.07, 6.45) is 0.347. The van der Waals surface area contributed by atoms with E-state index in [0.717, 1.165) is 23.7 Å². The summed E-state index contributed by atoms with van der Waals surface area (Å²) in [5.41, 5.74) is 0.775. The van der Waals surface area contributed by atoms with Crippen LogP contribution in [-0.4, -0.2) is 33.4 Å². The van der Waals surface area contributed by atoms with Crippen LogP contribution in [0.3, 0.4) is 0 Å². The lowest BCUT2D eigenvalue weighted by Crippen LogP contribution is -2.16. The maximum Gasteiger partial charge on any atom is 0.231 e. The second-order valence-electron chi connectivity index (χ2n) is 4.29. The lowest BCUT2D eigenvalue weighted by molar-refractivity contribution is 0.0677. The minimum Gasteiger partial charge on any atom is -0.508 e. The molecule has 3 rings (SSSR count). The van der Waals surface area contributed by atoms with E-state index in [1.54, 1.807) is 12.1 Å². The number of nitrogens with zero attached hydrogens (tertiary/aromatic N) is 2. The van der Waals surface area contributed by atoms with Gasteiger partial charge in [-0.05, 0) is 6.07 Å². The van der Waals surface area contributed by atoms with Crippen LogP contribution in [0, 0.1) is 0 Å². The molecule has 2 aromatic rings. The Morgan fingerprint density at radius 2 is 2.26 bits per heavy atom. The predicted molar refractivity (Wildman–Crippen MR) is 71.2 cm³/mol. The van der Waals surface area contributed by atoms with Gasteiger partial charge in [0.05, 0.1) is 13.0 Å². The molecule has 1 aromatic heterocycles. The summed E-state index contributed by atoms with van der Waals surface area (Å²) < 4.78 is 10.8. The Morgan fingerprint density at radius 1 is 1.37 bits per heavy atom. The van der Waals surface area contributed by atoms with Crippen LogP contribution < -0.4 is 0 Å². The van der Waals surface area contributed by atoms with Crippen molar-refractivity contribution >= 4 is 11.8 Å². The summed E-state index contributed by atoms with van der Waals surface area (Å²) in [6.45, 7) is 0.721. The number of benzene rings is 1. The van der Waals surface area contributed by atoms with Gasteiger partial charge in [-0.2, -0.15) is 16.7 Å². The zero-order valence-corrected chi connectivity index (χ0v) is 11.1. The summed E-state index contributed by atoms with van der Waals surface area (Å²) in [7, 11) is 0. The highest BCUT2D eigenvalue weighted by Crippen LogP contribution is 2.25. The molecule has 1 aliphatic heterocycles. The Labute approximate surface area is 115 Å². The largest absolute Gasteiger partial charge is 0.508 e. The average molecular weight is 278 g/mol. The number of hydrogen-bond acceptors (Lipinski definition) is 6. The van der Waals surface area contributed by atoms with E-state index in [4.69, 9.17) is 9.26 Å². The third kappa shape index (κ3) is 2.90. The van der Waals surface area contributed by atoms with E-state index in [0.29, 0.717) is 18.1 Å². The Bertz CT molecular complexity index is 552. The highest BCUT2D eigenvalue weighted by molar-refractivity contribution is 7.99. The first-order valence-corrected chi connectivity index (χ1v) is 7.27. The van der Waals surface area contributed by atoms with Gasteiger partial charge in [-0.1, -0.05) is 23.4 Å². The first-order valence-electron chi connectivity index (χ1n) is 6.11. The molecule has 1 saturated heterocycles. The first-order chi connectivity index (χ1) is 9.33. The summed E-state index contributed by atoms with van der Waals surface area (Å²) >= 11 is 1.83. The van der Waals surface area contributed by atoms with Gasteiger partial charge in [-0.25, -0.2) is 0 Å². The minimum absolute atomic E-state index is 0.0828. The maximum absolute atomic E-state index is 9.71. The molecule has 6 heteroatoms. The van der Waals surface area contributed by atoms with Gasteiger partial charge in [0.25, 0.3) is 0 Å². The Morgan fingerprint density at radius 3 is 3.05 bits per heavy atom. The molecule has 1 fully saturated rings. The van der Waals surface area contributed by atoms with E-state index in [1.165, 1.54) is 0 Å². The van der Waals surface area contributed by atoms with Crippen molar-refractivity contribution in [2.45, 2.75) is 12.5 Å². The Kier molecular flexibility index (Phi) is 3.70. The summed E-state index contributed by atoms with van der Waals surface area (Å²) in [6, 6.07) is 7.14. The molecule has 0 radical (unpaired) electrons. The fourth-order valence-corrected chi connectivity index (χ4v) is 2.77. The molecule has 0 saturated carbocycles. The smallest absolute Gasteiger partial charge is 0.231 e. The SMILES string of the molecule is Oc1ccccc1Cc1nc(C2CSCCO2)no1. The maximum atomic E-state index is 9.71. The molecule has 1 unspecified atom stereocenters. The Hall–Kier alpha value is -1.53. The van der Waals surface area contributed by atoms with Gasteiger partial charge < -0.3 is 14.4 Å². The fourth-order valence-electron chi connectivity index (χ4n) is 1.93. The van der Waals surface area contributed by atoms with Crippen molar-refractivity contribution in [3.8, 4) is 5.75 Å². The summed E-state index contributed by atoms with van der Waals surface area (Å²) in [4.78, 5) is 4.34. The van der Waals surface area contributed by atoms with E-state index < -0.39 is 0 Å². The molecule has 1 aromatic carbocycles. The molecule has 1 aliphatic rings. The number of hydrogen-bond donors (Lipinski definition) is 1. The first kappa shape index (κ1) is 12.5. The predicted octanol–water partition coefficient (Wildman–Crippen LogP) is 2.17. The molecule has 1 N–H and O–H groups in total. The lowest BCUT2D eigenvalue weighted by atomic mass is 10.1. The van der Waals surface area contributed by atoms with Crippen molar-refractivity contribution in [3.63, 3.8) is 0 Å². The molecule has 2 heterocycles. The summed E-state index contributed by atoms with van der Waals surface area (Å²) in [5.74, 6) is 3.20. The molecule has 0 amide bonds. The third-order valence-electron chi connectivity index (χ3n) is 2.92. The molecule has 0 spiro atoms. The third-order valence-corrected chi connectivity index (χ3v) is 3.91. The van der Waals surface area contributed by atoms with E-state index >= 15 is 0 Å². The van der Waals surface area contributed by atoms with Crippen molar-refractivity contribution in [3.05, 3.63) is 41.5 Å². The second kappa shape index (κ2) is 5.63.